The molecule has 0 bridgehead atoms. The van der Waals surface area contributed by atoms with Crippen LogP contribution in [0.15, 0.2) is 0 Å². The van der Waals surface area contributed by atoms with Crippen LogP contribution in [0, 0.1) is 5.92 Å². The van der Waals surface area contributed by atoms with Gasteiger partial charge >= 0.3 is 0 Å². The highest BCUT2D eigenvalue weighted by Crippen LogP contribution is 2.40. The van der Waals surface area contributed by atoms with Gasteiger partial charge in [0.15, 0.2) is 0 Å². The molecule has 3 aliphatic rings. The van der Waals surface area contributed by atoms with E-state index in [2.05, 4.69) is 17.1 Å². The zero-order chi connectivity index (χ0) is 14.0. The quantitative estimate of drug-likeness (QED) is 0.821. The van der Waals surface area contributed by atoms with E-state index in [1.54, 1.807) is 0 Å². The van der Waals surface area contributed by atoms with E-state index in [-0.39, 0.29) is 5.60 Å². The van der Waals surface area contributed by atoms with Gasteiger partial charge in [0.25, 0.3) is 0 Å². The minimum atomic E-state index is -0.347. The number of hydrogen-bond donors (Lipinski definition) is 2. The fraction of sp³-hybridized carbons (Fsp3) is 1.00. The van der Waals surface area contributed by atoms with Crippen LogP contribution in [0.1, 0.15) is 45.4 Å². The summed E-state index contributed by atoms with van der Waals surface area (Å²) < 4.78 is 5.55. The van der Waals surface area contributed by atoms with Crippen molar-refractivity contribution in [3.8, 4) is 0 Å². The van der Waals surface area contributed by atoms with Crippen LogP contribution in [0.5, 0.6) is 0 Å². The summed E-state index contributed by atoms with van der Waals surface area (Å²) in [4.78, 5) is 2.60. The second-order valence-electron chi connectivity index (χ2n) is 7.10. The number of ether oxygens (including phenoxy) is 1. The van der Waals surface area contributed by atoms with Gasteiger partial charge in [-0.1, -0.05) is 12.8 Å². The predicted molar refractivity (Wildman–Crippen MR) is 79.8 cm³/mol. The lowest BCUT2D eigenvalue weighted by molar-refractivity contribution is -0.103. The van der Waals surface area contributed by atoms with E-state index in [4.69, 9.17) is 4.74 Å². The smallest absolute Gasteiger partial charge is 0.0700 e. The van der Waals surface area contributed by atoms with Crippen molar-refractivity contribution in [1.82, 2.24) is 10.2 Å². The van der Waals surface area contributed by atoms with E-state index in [1.165, 1.54) is 19.3 Å². The summed E-state index contributed by atoms with van der Waals surface area (Å²) in [5.41, 5.74) is -0.347. The molecule has 0 aromatic heterocycles. The molecule has 0 radical (unpaired) electrons. The van der Waals surface area contributed by atoms with E-state index in [0.29, 0.717) is 18.0 Å². The van der Waals surface area contributed by atoms with Gasteiger partial charge in [-0.3, -0.25) is 0 Å². The van der Waals surface area contributed by atoms with Crippen LogP contribution in [0.4, 0.5) is 0 Å². The molecule has 4 unspecified atom stereocenters. The first-order valence-corrected chi connectivity index (χ1v) is 8.45. The first-order chi connectivity index (χ1) is 9.67. The average molecular weight is 282 g/mol. The van der Waals surface area contributed by atoms with E-state index in [0.717, 1.165) is 52.1 Å². The molecule has 3 rings (SSSR count). The molecule has 1 saturated carbocycles. The molecule has 0 aromatic carbocycles. The molecule has 116 valence electrons. The Balaban J connectivity index is 1.52. The third-order valence-electron chi connectivity index (χ3n) is 5.71. The first-order valence-electron chi connectivity index (χ1n) is 8.45. The number of rotatable bonds is 3. The van der Waals surface area contributed by atoms with Crippen molar-refractivity contribution in [3.63, 3.8) is 0 Å². The Labute approximate surface area is 122 Å². The number of fused-ring (bicyclic) bond motifs is 1. The lowest BCUT2D eigenvalue weighted by Crippen LogP contribution is -2.56. The Hall–Kier alpha value is -0.160. The normalized spacial score (nSPS) is 41.1. The second kappa shape index (κ2) is 6.30. The molecule has 20 heavy (non-hydrogen) atoms. The minimum absolute atomic E-state index is 0.347. The van der Waals surface area contributed by atoms with Gasteiger partial charge in [0.1, 0.15) is 0 Å². The summed E-state index contributed by atoms with van der Waals surface area (Å²) in [5.74, 6) is 0.503. The highest BCUT2D eigenvalue weighted by atomic mass is 16.5. The van der Waals surface area contributed by atoms with Crippen LogP contribution in [0.3, 0.4) is 0 Å². The fourth-order valence-corrected chi connectivity index (χ4v) is 4.33. The maximum absolute atomic E-state index is 10.8. The number of morpholine rings is 1. The van der Waals surface area contributed by atoms with Crippen LogP contribution in [0.2, 0.25) is 0 Å². The molecule has 1 aliphatic carbocycles. The minimum Gasteiger partial charge on any atom is -0.390 e. The van der Waals surface area contributed by atoms with Crippen molar-refractivity contribution >= 4 is 0 Å². The van der Waals surface area contributed by atoms with Crippen molar-refractivity contribution in [2.24, 2.45) is 5.92 Å². The molecule has 3 fully saturated rings. The number of piperidine rings is 1. The van der Waals surface area contributed by atoms with Crippen molar-refractivity contribution in [3.05, 3.63) is 0 Å². The SMILES string of the molecule is CC(CC1COCCN1)N1CCC2(O)CCCCC2C1. The average Bonchev–Trinajstić information content (AvgIpc) is 2.47. The molecule has 0 amide bonds. The molecule has 2 saturated heterocycles. The summed E-state index contributed by atoms with van der Waals surface area (Å²) in [6, 6.07) is 1.09. The highest BCUT2D eigenvalue weighted by Gasteiger charge is 2.43. The molecule has 0 aromatic rings. The molecule has 2 aliphatic heterocycles. The van der Waals surface area contributed by atoms with E-state index >= 15 is 0 Å². The van der Waals surface area contributed by atoms with Gasteiger partial charge in [0.2, 0.25) is 0 Å². The van der Waals surface area contributed by atoms with Crippen molar-refractivity contribution in [2.45, 2.75) is 63.1 Å². The van der Waals surface area contributed by atoms with Gasteiger partial charge in [-0.25, -0.2) is 0 Å². The maximum Gasteiger partial charge on any atom is 0.0700 e. The molecule has 4 nitrogen and oxygen atoms in total. The topological polar surface area (TPSA) is 44.7 Å². The van der Waals surface area contributed by atoms with E-state index in [9.17, 15) is 5.11 Å². The molecule has 4 atom stereocenters. The Kier molecular flexibility index (Phi) is 4.65. The number of nitrogens with zero attached hydrogens (tertiary/aromatic N) is 1. The predicted octanol–water partition coefficient (Wildman–Crippen LogP) is 1.38. The Bertz CT molecular complexity index is 320. The number of nitrogens with one attached hydrogen (secondary N) is 1. The molecular weight excluding hydrogens is 252 g/mol. The zero-order valence-corrected chi connectivity index (χ0v) is 12.8. The third kappa shape index (κ3) is 3.19. The zero-order valence-electron chi connectivity index (χ0n) is 12.8. The summed E-state index contributed by atoms with van der Waals surface area (Å²) in [5, 5.41) is 14.3. The molecule has 2 heterocycles. The number of hydrogen-bond acceptors (Lipinski definition) is 4. The van der Waals surface area contributed by atoms with E-state index < -0.39 is 0 Å². The van der Waals surface area contributed by atoms with Crippen LogP contribution in [0.25, 0.3) is 0 Å². The Morgan fingerprint density at radius 3 is 3.10 bits per heavy atom. The third-order valence-corrected chi connectivity index (χ3v) is 5.71. The summed E-state index contributed by atoms with van der Waals surface area (Å²) in [6.45, 7) is 7.17. The summed E-state index contributed by atoms with van der Waals surface area (Å²) in [6.07, 6.45) is 6.88. The van der Waals surface area contributed by atoms with Gasteiger partial charge in [-0.15, -0.1) is 0 Å². The lowest BCUT2D eigenvalue weighted by atomic mass is 9.71. The van der Waals surface area contributed by atoms with Crippen molar-refractivity contribution in [2.75, 3.05) is 32.8 Å². The molecule has 2 N–H and O–H groups in total. The maximum atomic E-state index is 10.8. The van der Waals surface area contributed by atoms with Crippen LogP contribution < -0.4 is 5.32 Å². The fourth-order valence-electron chi connectivity index (χ4n) is 4.33. The first kappa shape index (κ1) is 14.8. The standard InChI is InChI=1S/C16H30N2O2/c1-13(10-15-12-20-9-7-17-15)18-8-6-16(19)5-3-2-4-14(16)11-18/h13-15,17,19H,2-12H2,1H3. The molecule has 0 spiro atoms. The van der Waals surface area contributed by atoms with Crippen molar-refractivity contribution < 1.29 is 9.84 Å². The monoisotopic (exact) mass is 282 g/mol. The van der Waals surface area contributed by atoms with Gasteiger partial charge < -0.3 is 20.1 Å². The van der Waals surface area contributed by atoms with Gasteiger partial charge in [0, 0.05) is 37.6 Å². The van der Waals surface area contributed by atoms with Crippen LogP contribution in [-0.4, -0.2) is 60.5 Å². The molecular formula is C16H30N2O2. The number of aliphatic hydroxyl groups is 1. The molecule has 4 heteroatoms. The number of likely N-dealkylation sites (tertiary alicyclic amines) is 1. The van der Waals surface area contributed by atoms with Gasteiger partial charge in [0.05, 0.1) is 18.8 Å². The summed E-state index contributed by atoms with van der Waals surface area (Å²) in [7, 11) is 0. The van der Waals surface area contributed by atoms with Crippen LogP contribution in [-0.2, 0) is 4.74 Å². The van der Waals surface area contributed by atoms with Crippen molar-refractivity contribution in [1.29, 1.82) is 0 Å². The van der Waals surface area contributed by atoms with Gasteiger partial charge in [-0.05, 0) is 32.6 Å². The second-order valence-corrected chi connectivity index (χ2v) is 7.10. The van der Waals surface area contributed by atoms with E-state index in [1.807, 2.05) is 0 Å². The Morgan fingerprint density at radius 1 is 1.40 bits per heavy atom. The highest BCUT2D eigenvalue weighted by molar-refractivity contribution is 4.96. The summed E-state index contributed by atoms with van der Waals surface area (Å²) >= 11 is 0. The van der Waals surface area contributed by atoms with Crippen LogP contribution >= 0.6 is 0 Å². The lowest BCUT2D eigenvalue weighted by Gasteiger charge is -2.49. The van der Waals surface area contributed by atoms with Gasteiger partial charge in [-0.2, -0.15) is 0 Å². The Morgan fingerprint density at radius 2 is 2.30 bits per heavy atom. The largest absolute Gasteiger partial charge is 0.390 e.